The number of anilines is 1. The monoisotopic (exact) mass is 408 g/mol. The van der Waals surface area contributed by atoms with Crippen LogP contribution < -0.4 is 5.32 Å². The Balaban J connectivity index is 1.51. The van der Waals surface area contributed by atoms with E-state index in [4.69, 9.17) is 0 Å². The van der Waals surface area contributed by atoms with Crippen molar-refractivity contribution in [1.82, 2.24) is 25.0 Å². The van der Waals surface area contributed by atoms with Gasteiger partial charge in [-0.3, -0.25) is 4.79 Å². The van der Waals surface area contributed by atoms with Crippen molar-refractivity contribution in [2.45, 2.75) is 18.9 Å². The molecule has 0 radical (unpaired) electrons. The Labute approximate surface area is 170 Å². The number of halogens is 1. The first-order valence-electron chi connectivity index (χ1n) is 8.83. The van der Waals surface area contributed by atoms with Crippen molar-refractivity contribution in [2.24, 2.45) is 0 Å². The van der Waals surface area contributed by atoms with Crippen molar-refractivity contribution in [3.63, 3.8) is 0 Å². The van der Waals surface area contributed by atoms with Crippen molar-refractivity contribution in [3.8, 4) is 5.69 Å². The van der Waals surface area contributed by atoms with Crippen LogP contribution in [0.5, 0.6) is 0 Å². The molecule has 0 saturated carbocycles. The summed E-state index contributed by atoms with van der Waals surface area (Å²) in [5.41, 5.74) is 4.55. The molecular weight excluding hydrogens is 391 g/mol. The number of fused-ring (bicyclic) bond motifs is 1. The average Bonchev–Trinajstić information content (AvgIpc) is 3.14. The van der Waals surface area contributed by atoms with E-state index in [-0.39, 0.29) is 17.5 Å². The second kappa shape index (κ2) is 7.96. The number of hydrogen-bond acceptors (Lipinski definition) is 6. The molecule has 0 atom stereocenters. The molecular formula is C20H17FN6OS. The Bertz CT molecular complexity index is 1190. The van der Waals surface area contributed by atoms with Crippen LogP contribution in [0.1, 0.15) is 11.1 Å². The van der Waals surface area contributed by atoms with Crippen LogP contribution in [-0.2, 0) is 4.79 Å². The number of rotatable bonds is 5. The van der Waals surface area contributed by atoms with Gasteiger partial charge in [0.15, 0.2) is 11.2 Å². The van der Waals surface area contributed by atoms with E-state index < -0.39 is 0 Å². The fraction of sp³-hybridized carbons (Fsp3) is 0.150. The number of thioether (sulfide) groups is 1. The number of carbonyl (C=O) groups excluding carboxylic acids is 1. The summed E-state index contributed by atoms with van der Waals surface area (Å²) in [6.07, 6.45) is 1.40. The van der Waals surface area contributed by atoms with Crippen molar-refractivity contribution < 1.29 is 9.18 Å². The van der Waals surface area contributed by atoms with Crippen molar-refractivity contribution in [3.05, 3.63) is 65.7 Å². The normalized spacial score (nSPS) is 11.0. The van der Waals surface area contributed by atoms with E-state index in [9.17, 15) is 9.18 Å². The fourth-order valence-electron chi connectivity index (χ4n) is 2.86. The summed E-state index contributed by atoms with van der Waals surface area (Å²) in [5.74, 6) is -0.304. The van der Waals surface area contributed by atoms with Crippen LogP contribution in [0.3, 0.4) is 0 Å². The summed E-state index contributed by atoms with van der Waals surface area (Å²) in [5, 5.41) is 11.7. The lowest BCUT2D eigenvalue weighted by Gasteiger charge is -2.09. The van der Waals surface area contributed by atoms with Gasteiger partial charge in [-0.1, -0.05) is 34.7 Å². The van der Waals surface area contributed by atoms with Gasteiger partial charge in [0.05, 0.1) is 11.4 Å². The molecule has 2 aromatic carbocycles. The van der Waals surface area contributed by atoms with Crippen LogP contribution in [0.2, 0.25) is 0 Å². The van der Waals surface area contributed by atoms with Crippen LogP contribution in [0.25, 0.3) is 16.9 Å². The maximum atomic E-state index is 13.2. The minimum atomic E-state index is -0.334. The van der Waals surface area contributed by atoms with Crippen molar-refractivity contribution in [1.29, 1.82) is 0 Å². The van der Waals surface area contributed by atoms with Gasteiger partial charge < -0.3 is 5.32 Å². The van der Waals surface area contributed by atoms with Crippen LogP contribution in [0.4, 0.5) is 10.1 Å². The van der Waals surface area contributed by atoms with Gasteiger partial charge in [0.25, 0.3) is 0 Å². The summed E-state index contributed by atoms with van der Waals surface area (Å²) in [6, 6.07) is 11.7. The van der Waals surface area contributed by atoms with Crippen LogP contribution in [0.15, 0.2) is 53.8 Å². The second-order valence-electron chi connectivity index (χ2n) is 6.48. The predicted octanol–water partition coefficient (Wildman–Crippen LogP) is 3.70. The number of carbonyl (C=O) groups is 1. The van der Waals surface area contributed by atoms with Crippen molar-refractivity contribution in [2.75, 3.05) is 11.1 Å². The Morgan fingerprint density at radius 2 is 1.93 bits per heavy atom. The van der Waals surface area contributed by atoms with Crippen LogP contribution in [0, 0.1) is 19.7 Å². The minimum Gasteiger partial charge on any atom is -0.325 e. The van der Waals surface area contributed by atoms with E-state index in [2.05, 4.69) is 25.6 Å². The maximum absolute atomic E-state index is 13.2. The quantitative estimate of drug-likeness (QED) is 0.400. The molecule has 0 spiro atoms. The molecule has 2 heterocycles. The summed E-state index contributed by atoms with van der Waals surface area (Å²) >= 11 is 1.26. The first-order chi connectivity index (χ1) is 14.0. The lowest BCUT2D eigenvalue weighted by molar-refractivity contribution is -0.113. The summed E-state index contributed by atoms with van der Waals surface area (Å²) < 4.78 is 14.7. The van der Waals surface area contributed by atoms with Gasteiger partial charge in [-0.15, -0.1) is 5.10 Å². The highest BCUT2D eigenvalue weighted by atomic mass is 32.2. The van der Waals surface area contributed by atoms with E-state index >= 15 is 0 Å². The highest BCUT2D eigenvalue weighted by Crippen LogP contribution is 2.24. The Morgan fingerprint density at radius 3 is 2.69 bits per heavy atom. The average molecular weight is 408 g/mol. The Hall–Kier alpha value is -3.33. The predicted molar refractivity (Wildman–Crippen MR) is 110 cm³/mol. The third kappa shape index (κ3) is 4.09. The molecule has 4 aromatic rings. The lowest BCUT2D eigenvalue weighted by Crippen LogP contribution is -2.15. The number of benzene rings is 2. The van der Waals surface area contributed by atoms with Crippen LogP contribution in [-0.4, -0.2) is 36.6 Å². The molecule has 0 unspecified atom stereocenters. The molecule has 146 valence electrons. The first-order valence-corrected chi connectivity index (χ1v) is 9.82. The molecule has 1 amide bonds. The molecule has 2 aromatic heterocycles. The highest BCUT2D eigenvalue weighted by Gasteiger charge is 2.15. The zero-order valence-corrected chi connectivity index (χ0v) is 16.6. The zero-order valence-electron chi connectivity index (χ0n) is 15.8. The minimum absolute atomic E-state index is 0.139. The fourth-order valence-corrected chi connectivity index (χ4v) is 3.59. The number of amides is 1. The smallest absolute Gasteiger partial charge is 0.234 e. The maximum Gasteiger partial charge on any atom is 0.234 e. The van der Waals surface area contributed by atoms with Gasteiger partial charge in [0.2, 0.25) is 5.91 Å². The third-order valence-electron chi connectivity index (χ3n) is 4.27. The standard InChI is InChI=1S/C20H17FN6OS/c1-12-3-8-16(13(2)9-12)24-17(28)10-29-20-18-19(22-11-23-20)27(26-25-18)15-6-4-14(21)5-7-15/h3-9,11H,10H2,1-2H3,(H,24,28). The van der Waals surface area contributed by atoms with E-state index in [0.717, 1.165) is 16.8 Å². The summed E-state index contributed by atoms with van der Waals surface area (Å²) in [6.45, 7) is 3.96. The molecule has 0 fully saturated rings. The number of nitrogens with one attached hydrogen (secondary N) is 1. The van der Waals surface area contributed by atoms with Gasteiger partial charge in [-0.25, -0.2) is 14.4 Å². The molecule has 0 saturated heterocycles. The van der Waals surface area contributed by atoms with Gasteiger partial charge in [0.1, 0.15) is 17.2 Å². The van der Waals surface area contributed by atoms with E-state index in [1.807, 2.05) is 32.0 Å². The molecule has 0 bridgehead atoms. The number of aryl methyl sites for hydroxylation is 2. The van der Waals surface area contributed by atoms with E-state index in [0.29, 0.717) is 21.9 Å². The topological polar surface area (TPSA) is 85.6 Å². The highest BCUT2D eigenvalue weighted by molar-refractivity contribution is 8.00. The number of aromatic nitrogens is 5. The Kier molecular flexibility index (Phi) is 5.22. The molecule has 29 heavy (non-hydrogen) atoms. The van der Waals surface area contributed by atoms with Gasteiger partial charge in [0, 0.05) is 5.69 Å². The van der Waals surface area contributed by atoms with Crippen LogP contribution >= 0.6 is 11.8 Å². The molecule has 4 rings (SSSR count). The third-order valence-corrected chi connectivity index (χ3v) is 5.25. The van der Waals surface area contributed by atoms with Gasteiger partial charge in [-0.05, 0) is 49.7 Å². The second-order valence-corrected chi connectivity index (χ2v) is 7.45. The molecule has 0 aliphatic rings. The van der Waals surface area contributed by atoms with E-state index in [1.54, 1.807) is 12.1 Å². The molecule has 0 aliphatic carbocycles. The Morgan fingerprint density at radius 1 is 1.14 bits per heavy atom. The SMILES string of the molecule is Cc1ccc(NC(=O)CSc2ncnc3c2nnn3-c2ccc(F)cc2)c(C)c1. The largest absolute Gasteiger partial charge is 0.325 e. The van der Waals surface area contributed by atoms with Gasteiger partial charge >= 0.3 is 0 Å². The lowest BCUT2D eigenvalue weighted by atomic mass is 10.1. The van der Waals surface area contributed by atoms with Crippen molar-refractivity contribution >= 4 is 34.5 Å². The molecule has 9 heteroatoms. The zero-order chi connectivity index (χ0) is 20.4. The summed E-state index contributed by atoms with van der Waals surface area (Å²) in [4.78, 5) is 20.8. The van der Waals surface area contributed by atoms with E-state index in [1.165, 1.54) is 34.9 Å². The first kappa shape index (κ1) is 19.0. The molecule has 1 N–H and O–H groups in total. The molecule has 0 aliphatic heterocycles. The van der Waals surface area contributed by atoms with Gasteiger partial charge in [-0.2, -0.15) is 4.68 Å². The number of hydrogen-bond donors (Lipinski definition) is 1. The number of nitrogens with zero attached hydrogens (tertiary/aromatic N) is 5. The molecule has 7 nitrogen and oxygen atoms in total. The summed E-state index contributed by atoms with van der Waals surface area (Å²) in [7, 11) is 0.